The van der Waals surface area contributed by atoms with Crippen LogP contribution in [0.3, 0.4) is 0 Å². The van der Waals surface area contributed by atoms with E-state index in [4.69, 9.17) is 5.73 Å². The number of rotatable bonds is 3. The van der Waals surface area contributed by atoms with Gasteiger partial charge < -0.3 is 5.73 Å². The number of nitrogens with zero attached hydrogens (tertiary/aromatic N) is 1. The highest BCUT2D eigenvalue weighted by Crippen LogP contribution is 2.36. The molecule has 0 amide bonds. The van der Waals surface area contributed by atoms with Crippen molar-refractivity contribution in [2.75, 3.05) is 12.8 Å². The highest BCUT2D eigenvalue weighted by atomic mass is 15.1. The lowest BCUT2D eigenvalue weighted by atomic mass is 9.75. The van der Waals surface area contributed by atoms with Crippen molar-refractivity contribution < 1.29 is 0 Å². The third-order valence-corrected chi connectivity index (χ3v) is 4.32. The van der Waals surface area contributed by atoms with E-state index in [0.717, 1.165) is 18.3 Å². The van der Waals surface area contributed by atoms with Crippen LogP contribution in [0.2, 0.25) is 0 Å². The van der Waals surface area contributed by atoms with Crippen LogP contribution in [0.4, 0.5) is 5.69 Å². The van der Waals surface area contributed by atoms with Crippen LogP contribution in [0.25, 0.3) is 0 Å². The fourth-order valence-corrected chi connectivity index (χ4v) is 2.93. The van der Waals surface area contributed by atoms with Gasteiger partial charge in [-0.05, 0) is 55.8 Å². The molecule has 1 fully saturated rings. The van der Waals surface area contributed by atoms with Gasteiger partial charge in [0.25, 0.3) is 0 Å². The molecule has 0 atom stereocenters. The van der Waals surface area contributed by atoms with E-state index in [1.807, 2.05) is 12.1 Å². The molecule has 2 heteroatoms. The van der Waals surface area contributed by atoms with E-state index >= 15 is 0 Å². The monoisotopic (exact) mass is 246 g/mol. The first-order chi connectivity index (χ1) is 8.46. The van der Waals surface area contributed by atoms with Crippen molar-refractivity contribution in [2.24, 2.45) is 5.41 Å². The first-order valence-corrected chi connectivity index (χ1v) is 7.01. The molecule has 1 aromatic carbocycles. The van der Waals surface area contributed by atoms with Crippen LogP contribution in [0.5, 0.6) is 0 Å². The Morgan fingerprint density at radius 1 is 1.28 bits per heavy atom. The third-order valence-electron chi connectivity index (χ3n) is 4.32. The molecule has 0 aromatic heterocycles. The van der Waals surface area contributed by atoms with Crippen molar-refractivity contribution in [2.45, 2.75) is 52.1 Å². The predicted molar refractivity (Wildman–Crippen MR) is 78.4 cm³/mol. The largest absolute Gasteiger partial charge is 0.399 e. The molecular formula is C16H26N2. The van der Waals surface area contributed by atoms with Crippen LogP contribution in [0.1, 0.15) is 45.1 Å². The van der Waals surface area contributed by atoms with Crippen LogP contribution in [-0.2, 0) is 6.54 Å². The number of nitrogens with two attached hydrogens (primary N) is 1. The van der Waals surface area contributed by atoms with Crippen molar-refractivity contribution in [3.63, 3.8) is 0 Å². The second-order valence-electron chi connectivity index (χ2n) is 6.56. The van der Waals surface area contributed by atoms with Crippen molar-refractivity contribution in [3.05, 3.63) is 29.8 Å². The molecule has 2 nitrogen and oxygen atoms in total. The Labute approximate surface area is 111 Å². The second kappa shape index (κ2) is 5.31. The summed E-state index contributed by atoms with van der Waals surface area (Å²) in [7, 11) is 2.24. The average molecular weight is 246 g/mol. The van der Waals surface area contributed by atoms with Crippen LogP contribution < -0.4 is 5.73 Å². The van der Waals surface area contributed by atoms with Crippen LogP contribution in [0, 0.1) is 5.41 Å². The second-order valence-corrected chi connectivity index (χ2v) is 6.56. The normalized spacial score (nSPS) is 20.2. The van der Waals surface area contributed by atoms with Gasteiger partial charge in [-0.2, -0.15) is 0 Å². The van der Waals surface area contributed by atoms with E-state index < -0.39 is 0 Å². The van der Waals surface area contributed by atoms with Crippen molar-refractivity contribution in [1.29, 1.82) is 0 Å². The van der Waals surface area contributed by atoms with Gasteiger partial charge in [-0.1, -0.05) is 26.0 Å². The van der Waals surface area contributed by atoms with E-state index in [-0.39, 0.29) is 0 Å². The maximum Gasteiger partial charge on any atom is 0.0317 e. The lowest BCUT2D eigenvalue weighted by Crippen LogP contribution is -2.36. The van der Waals surface area contributed by atoms with Gasteiger partial charge in [0.1, 0.15) is 0 Å². The molecular weight excluding hydrogens is 220 g/mol. The topological polar surface area (TPSA) is 29.3 Å². The molecule has 0 saturated heterocycles. The molecule has 18 heavy (non-hydrogen) atoms. The summed E-state index contributed by atoms with van der Waals surface area (Å²) in [6.07, 6.45) is 5.34. The molecule has 1 aliphatic carbocycles. The lowest BCUT2D eigenvalue weighted by molar-refractivity contribution is 0.123. The first kappa shape index (κ1) is 13.4. The molecule has 1 aromatic rings. The highest BCUT2D eigenvalue weighted by Gasteiger charge is 2.28. The van der Waals surface area contributed by atoms with Crippen LogP contribution >= 0.6 is 0 Å². The van der Waals surface area contributed by atoms with E-state index in [1.165, 1.54) is 31.2 Å². The molecule has 1 saturated carbocycles. The predicted octanol–water partition coefficient (Wildman–Crippen LogP) is 3.67. The fraction of sp³-hybridized carbons (Fsp3) is 0.625. The maximum absolute atomic E-state index is 5.83. The minimum Gasteiger partial charge on any atom is -0.399 e. The van der Waals surface area contributed by atoms with Gasteiger partial charge in [-0.25, -0.2) is 0 Å². The average Bonchev–Trinajstić information content (AvgIpc) is 2.28. The molecule has 2 N–H and O–H groups in total. The zero-order valence-corrected chi connectivity index (χ0v) is 11.9. The number of hydrogen-bond acceptors (Lipinski definition) is 2. The Hall–Kier alpha value is -1.02. The summed E-state index contributed by atoms with van der Waals surface area (Å²) in [6, 6.07) is 8.98. The molecule has 0 heterocycles. The van der Waals surface area contributed by atoms with Crippen molar-refractivity contribution in [1.82, 2.24) is 4.90 Å². The summed E-state index contributed by atoms with van der Waals surface area (Å²) in [5, 5.41) is 0. The third kappa shape index (κ3) is 3.49. The van der Waals surface area contributed by atoms with Crippen molar-refractivity contribution in [3.8, 4) is 0 Å². The zero-order chi connectivity index (χ0) is 13.2. The number of anilines is 1. The molecule has 0 spiro atoms. The van der Waals surface area contributed by atoms with E-state index in [1.54, 1.807) is 0 Å². The van der Waals surface area contributed by atoms with Crippen LogP contribution in [-0.4, -0.2) is 18.0 Å². The van der Waals surface area contributed by atoms with Gasteiger partial charge in [0.2, 0.25) is 0 Å². The summed E-state index contributed by atoms with van der Waals surface area (Å²) < 4.78 is 0. The zero-order valence-electron chi connectivity index (χ0n) is 11.9. The minimum atomic E-state index is 0.550. The standard InChI is InChI=1S/C16H26N2/c1-16(2)9-7-15(8-10-16)18(3)12-13-5-4-6-14(17)11-13/h4-6,11,15H,7-10,12,17H2,1-3H3. The Balaban J connectivity index is 1.91. The Morgan fingerprint density at radius 3 is 2.56 bits per heavy atom. The fourth-order valence-electron chi connectivity index (χ4n) is 2.93. The summed E-state index contributed by atoms with van der Waals surface area (Å²) in [4.78, 5) is 2.49. The molecule has 0 aliphatic heterocycles. The first-order valence-electron chi connectivity index (χ1n) is 7.01. The summed E-state index contributed by atoms with van der Waals surface area (Å²) in [6.45, 7) is 5.79. The van der Waals surface area contributed by atoms with E-state index in [2.05, 4.69) is 37.9 Å². The Morgan fingerprint density at radius 2 is 1.94 bits per heavy atom. The molecule has 2 rings (SSSR count). The van der Waals surface area contributed by atoms with Crippen LogP contribution in [0.15, 0.2) is 24.3 Å². The summed E-state index contributed by atoms with van der Waals surface area (Å²) in [5.74, 6) is 0. The van der Waals surface area contributed by atoms with Gasteiger partial charge in [0.15, 0.2) is 0 Å². The van der Waals surface area contributed by atoms with E-state index in [0.29, 0.717) is 5.41 Å². The van der Waals surface area contributed by atoms with Gasteiger partial charge >= 0.3 is 0 Å². The van der Waals surface area contributed by atoms with Gasteiger partial charge in [-0.3, -0.25) is 4.90 Å². The highest BCUT2D eigenvalue weighted by molar-refractivity contribution is 5.40. The quantitative estimate of drug-likeness (QED) is 0.825. The number of benzene rings is 1. The summed E-state index contributed by atoms with van der Waals surface area (Å²) in [5.41, 5.74) is 8.57. The lowest BCUT2D eigenvalue weighted by Gasteiger charge is -2.38. The molecule has 0 unspecified atom stereocenters. The van der Waals surface area contributed by atoms with Gasteiger partial charge in [0.05, 0.1) is 0 Å². The Bertz CT molecular complexity index is 388. The SMILES string of the molecule is CN(Cc1cccc(N)c1)C1CCC(C)(C)CC1. The van der Waals surface area contributed by atoms with Crippen molar-refractivity contribution >= 4 is 5.69 Å². The van der Waals surface area contributed by atoms with Gasteiger partial charge in [-0.15, -0.1) is 0 Å². The summed E-state index contributed by atoms with van der Waals surface area (Å²) >= 11 is 0. The van der Waals surface area contributed by atoms with E-state index in [9.17, 15) is 0 Å². The van der Waals surface area contributed by atoms with Gasteiger partial charge in [0, 0.05) is 18.3 Å². The molecule has 0 bridgehead atoms. The smallest absolute Gasteiger partial charge is 0.0317 e. The number of nitrogen functional groups attached to an aromatic ring is 1. The maximum atomic E-state index is 5.83. The molecule has 0 radical (unpaired) electrons. The molecule has 1 aliphatic rings. The Kier molecular flexibility index (Phi) is 3.96. The minimum absolute atomic E-state index is 0.550. The number of hydrogen-bond donors (Lipinski definition) is 1. The molecule has 100 valence electrons.